The summed E-state index contributed by atoms with van der Waals surface area (Å²) in [4.78, 5) is 24.8. The number of hydrogen-bond acceptors (Lipinski definition) is 3. The molecule has 16 heavy (non-hydrogen) atoms. The normalized spacial score (nSPS) is 10.6. The number of aromatic nitrogens is 1. The molecule has 0 aliphatic rings. The summed E-state index contributed by atoms with van der Waals surface area (Å²) in [5, 5.41) is 0. The second-order valence-electron chi connectivity index (χ2n) is 2.80. The molecule has 1 rings (SSSR count). The van der Waals surface area contributed by atoms with Gasteiger partial charge in [0.05, 0.1) is 15.9 Å². The van der Waals surface area contributed by atoms with Crippen LogP contribution in [0, 0.1) is 3.57 Å². The Morgan fingerprint density at radius 2 is 2.25 bits per heavy atom. The van der Waals surface area contributed by atoms with Crippen molar-refractivity contribution < 1.29 is 18.3 Å². The van der Waals surface area contributed by atoms with Crippen molar-refractivity contribution in [1.29, 1.82) is 0 Å². The second kappa shape index (κ2) is 5.37. The van der Waals surface area contributed by atoms with E-state index in [1.807, 2.05) is 0 Å². The van der Waals surface area contributed by atoms with Gasteiger partial charge in [-0.05, 0) is 29.5 Å². The van der Waals surface area contributed by atoms with E-state index in [2.05, 4.69) is 9.72 Å². The zero-order valence-electron chi connectivity index (χ0n) is 8.22. The summed E-state index contributed by atoms with van der Waals surface area (Å²) in [5.74, 6) is -0.821. The van der Waals surface area contributed by atoms with E-state index in [1.165, 1.54) is 22.6 Å². The Labute approximate surface area is 103 Å². The molecule has 0 saturated heterocycles. The highest BCUT2D eigenvalue weighted by atomic mass is 127. The van der Waals surface area contributed by atoms with Gasteiger partial charge in [-0.15, -0.1) is 0 Å². The largest absolute Gasteiger partial charge is 0.461 e. The van der Waals surface area contributed by atoms with E-state index in [1.54, 1.807) is 6.92 Å². The third kappa shape index (κ3) is 2.77. The van der Waals surface area contributed by atoms with Crippen LogP contribution in [0.3, 0.4) is 0 Å². The smallest absolute Gasteiger partial charge is 0.354 e. The molecule has 1 aromatic heterocycles. The van der Waals surface area contributed by atoms with Gasteiger partial charge >= 0.3 is 5.97 Å². The molecule has 0 spiro atoms. The van der Waals surface area contributed by atoms with Crippen LogP contribution >= 0.6 is 22.6 Å². The summed E-state index contributed by atoms with van der Waals surface area (Å²) in [6.45, 7) is 1.69. The van der Waals surface area contributed by atoms with Crippen LogP contribution in [-0.2, 0) is 4.74 Å². The summed E-state index contributed by atoms with van der Waals surface area (Å²) >= 11 is 1.51. The van der Waals surface area contributed by atoms with E-state index in [0.717, 1.165) is 6.07 Å². The minimum Gasteiger partial charge on any atom is -0.461 e. The van der Waals surface area contributed by atoms with Crippen molar-refractivity contribution >= 4 is 28.6 Å². The van der Waals surface area contributed by atoms with Crippen LogP contribution in [0.2, 0.25) is 0 Å². The van der Waals surface area contributed by atoms with Gasteiger partial charge < -0.3 is 9.72 Å². The number of carbonyl (C=O) groups excluding carboxylic acids is 1. The van der Waals surface area contributed by atoms with Crippen LogP contribution in [0.4, 0.5) is 8.78 Å². The van der Waals surface area contributed by atoms with Crippen LogP contribution in [-0.4, -0.2) is 17.6 Å². The molecule has 0 unspecified atom stereocenters. The maximum absolute atomic E-state index is 12.5. The molecule has 0 saturated carbocycles. The Morgan fingerprint density at radius 3 is 2.75 bits per heavy atom. The number of ether oxygens (including phenoxy) is 1. The Balaban J connectivity index is 3.24. The highest BCUT2D eigenvalue weighted by molar-refractivity contribution is 14.1. The van der Waals surface area contributed by atoms with Crippen LogP contribution in [0.15, 0.2) is 10.9 Å². The molecule has 0 aromatic carbocycles. The van der Waals surface area contributed by atoms with E-state index >= 15 is 0 Å². The molecule has 0 aliphatic carbocycles. The summed E-state index contributed by atoms with van der Waals surface area (Å²) in [6, 6.07) is 0.950. The van der Waals surface area contributed by atoms with Gasteiger partial charge in [-0.3, -0.25) is 4.79 Å². The van der Waals surface area contributed by atoms with Gasteiger partial charge in [0.15, 0.2) is 5.43 Å². The van der Waals surface area contributed by atoms with E-state index in [-0.39, 0.29) is 15.9 Å². The van der Waals surface area contributed by atoms with Crippen LogP contribution in [0.5, 0.6) is 0 Å². The van der Waals surface area contributed by atoms with Crippen molar-refractivity contribution in [2.45, 2.75) is 13.3 Å². The molecule has 1 N–H and O–H groups in total. The first-order chi connectivity index (χ1) is 7.47. The Bertz CT molecular complexity index is 459. The average Bonchev–Trinajstić information content (AvgIpc) is 2.21. The lowest BCUT2D eigenvalue weighted by molar-refractivity contribution is 0.0517. The number of H-pyrrole nitrogens is 1. The number of alkyl halides is 2. The fraction of sp³-hybridized carbons (Fsp3) is 0.333. The quantitative estimate of drug-likeness (QED) is 0.676. The highest BCUT2D eigenvalue weighted by Gasteiger charge is 2.18. The summed E-state index contributed by atoms with van der Waals surface area (Å²) in [5.41, 5.74) is -1.45. The first-order valence-electron chi connectivity index (χ1n) is 4.35. The Morgan fingerprint density at radius 1 is 1.62 bits per heavy atom. The maximum Gasteiger partial charge on any atom is 0.354 e. The fourth-order valence-electron chi connectivity index (χ4n) is 1.03. The predicted octanol–water partition coefficient (Wildman–Crippen LogP) is 2.09. The van der Waals surface area contributed by atoms with Crippen molar-refractivity contribution in [3.63, 3.8) is 0 Å². The Hall–Kier alpha value is -0.990. The van der Waals surface area contributed by atoms with Crippen molar-refractivity contribution in [2.75, 3.05) is 6.61 Å². The molecule has 1 aromatic rings. The number of carbonyl (C=O) groups is 1. The molecule has 0 atom stereocenters. The van der Waals surface area contributed by atoms with Crippen LogP contribution < -0.4 is 5.43 Å². The molecular weight excluding hydrogens is 335 g/mol. The lowest BCUT2D eigenvalue weighted by Crippen LogP contribution is -2.17. The number of pyridine rings is 1. The number of hydrogen-bond donors (Lipinski definition) is 1. The van der Waals surface area contributed by atoms with E-state index in [0.29, 0.717) is 0 Å². The number of rotatable bonds is 3. The van der Waals surface area contributed by atoms with Gasteiger partial charge in [0, 0.05) is 6.07 Å². The van der Waals surface area contributed by atoms with Crippen molar-refractivity contribution in [3.8, 4) is 0 Å². The molecule has 0 radical (unpaired) electrons. The Kier molecular flexibility index (Phi) is 4.39. The molecule has 0 bridgehead atoms. The van der Waals surface area contributed by atoms with Crippen molar-refractivity contribution in [2.24, 2.45) is 0 Å². The minimum atomic E-state index is -2.84. The zero-order chi connectivity index (χ0) is 12.3. The molecule has 1 heterocycles. The maximum atomic E-state index is 12.5. The minimum absolute atomic E-state index is 0.108. The number of aromatic amines is 1. The molecule has 0 amide bonds. The van der Waals surface area contributed by atoms with E-state index < -0.39 is 23.5 Å². The highest BCUT2D eigenvalue weighted by Crippen LogP contribution is 2.20. The molecule has 4 nitrogen and oxygen atoms in total. The number of halogens is 3. The second-order valence-corrected chi connectivity index (χ2v) is 3.87. The van der Waals surface area contributed by atoms with Crippen molar-refractivity contribution in [3.05, 3.63) is 31.2 Å². The average molecular weight is 343 g/mol. The zero-order valence-corrected chi connectivity index (χ0v) is 10.4. The van der Waals surface area contributed by atoms with Gasteiger partial charge in [-0.1, -0.05) is 0 Å². The standard InChI is InChI=1S/C9H8F2INO3/c1-2-16-9(15)4-3-5(14)6(12)7(13-4)8(10)11/h3,8H,2H2,1H3,(H,13,14). The van der Waals surface area contributed by atoms with Crippen LogP contribution in [0.1, 0.15) is 29.5 Å². The molecule has 7 heteroatoms. The number of nitrogens with one attached hydrogen (secondary N) is 1. The van der Waals surface area contributed by atoms with Gasteiger partial charge in [0.25, 0.3) is 6.43 Å². The fourth-order valence-corrected chi connectivity index (χ4v) is 1.56. The topological polar surface area (TPSA) is 59.2 Å². The molecule has 88 valence electrons. The third-order valence-electron chi connectivity index (χ3n) is 1.71. The molecule has 0 fully saturated rings. The third-order valence-corrected chi connectivity index (χ3v) is 2.82. The molecular formula is C9H8F2INO3. The summed E-state index contributed by atoms with van der Waals surface area (Å²) < 4.78 is 29.5. The first kappa shape index (κ1) is 13.1. The van der Waals surface area contributed by atoms with Gasteiger partial charge in [-0.2, -0.15) is 0 Å². The predicted molar refractivity (Wildman–Crippen MR) is 60.7 cm³/mol. The van der Waals surface area contributed by atoms with E-state index in [4.69, 9.17) is 0 Å². The molecule has 0 aliphatic heterocycles. The van der Waals surface area contributed by atoms with Gasteiger partial charge in [0.2, 0.25) is 0 Å². The SMILES string of the molecule is CCOC(=O)c1cc(=O)c(I)c(C(F)F)[nH]1. The van der Waals surface area contributed by atoms with E-state index in [9.17, 15) is 18.4 Å². The summed E-state index contributed by atoms with van der Waals surface area (Å²) in [6.07, 6.45) is -2.84. The lowest BCUT2D eigenvalue weighted by Gasteiger charge is -2.06. The van der Waals surface area contributed by atoms with Gasteiger partial charge in [-0.25, -0.2) is 13.6 Å². The first-order valence-corrected chi connectivity index (χ1v) is 5.43. The summed E-state index contributed by atoms with van der Waals surface area (Å²) in [7, 11) is 0. The number of esters is 1. The van der Waals surface area contributed by atoms with Crippen molar-refractivity contribution in [1.82, 2.24) is 4.98 Å². The monoisotopic (exact) mass is 343 g/mol. The lowest BCUT2D eigenvalue weighted by atomic mass is 10.3. The van der Waals surface area contributed by atoms with Gasteiger partial charge in [0.1, 0.15) is 5.69 Å². The van der Waals surface area contributed by atoms with Crippen LogP contribution in [0.25, 0.3) is 0 Å².